The number of aromatic nitrogens is 1. The first kappa shape index (κ1) is 33.8. The van der Waals surface area contributed by atoms with Gasteiger partial charge in [0.25, 0.3) is 0 Å². The molecule has 7 rings (SSSR count). The van der Waals surface area contributed by atoms with Gasteiger partial charge in [-0.15, -0.1) is 0 Å². The molecule has 3 heterocycles. The average Bonchev–Trinajstić information content (AvgIpc) is 3.90. The minimum atomic E-state index is -0.0322. The van der Waals surface area contributed by atoms with E-state index in [2.05, 4.69) is 78.3 Å². The molecule has 6 heteroatoms. The molecule has 2 aliphatic heterocycles. The number of fused-ring (bicyclic) bond motifs is 3. The number of aromatic amines is 1. The van der Waals surface area contributed by atoms with E-state index >= 15 is 0 Å². The highest BCUT2D eigenvalue weighted by Gasteiger charge is 2.36. The molecule has 6 nitrogen and oxygen atoms in total. The van der Waals surface area contributed by atoms with Gasteiger partial charge in [-0.05, 0) is 112 Å². The first-order valence-electron chi connectivity index (χ1n) is 17.8. The van der Waals surface area contributed by atoms with Crippen LogP contribution < -0.4 is 0 Å². The molecule has 0 bridgehead atoms. The van der Waals surface area contributed by atoms with E-state index in [0.717, 1.165) is 67.4 Å². The monoisotopic (exact) mass is 625 g/mol. The topological polar surface area (TPSA) is 57.8 Å². The quantitative estimate of drug-likeness (QED) is 0.242. The van der Waals surface area contributed by atoms with E-state index in [1.54, 1.807) is 12.7 Å². The third-order valence-electron chi connectivity index (χ3n) is 9.86. The van der Waals surface area contributed by atoms with Gasteiger partial charge in [0.1, 0.15) is 6.61 Å². The number of amides is 1. The molecule has 1 amide bonds. The van der Waals surface area contributed by atoms with Crippen LogP contribution in [0.5, 0.6) is 0 Å². The summed E-state index contributed by atoms with van der Waals surface area (Å²) in [6.45, 7) is 13.0. The van der Waals surface area contributed by atoms with Crippen LogP contribution in [0.25, 0.3) is 10.9 Å². The first-order chi connectivity index (χ1) is 22.6. The van der Waals surface area contributed by atoms with E-state index in [1.165, 1.54) is 67.3 Å². The zero-order chi connectivity index (χ0) is 32.5. The highest BCUT2D eigenvalue weighted by Crippen LogP contribution is 2.42. The lowest BCUT2D eigenvalue weighted by molar-refractivity contribution is -0.121. The highest BCUT2D eigenvalue weighted by molar-refractivity contribution is 5.86. The Hall–Kier alpha value is -3.51. The lowest BCUT2D eigenvalue weighted by Gasteiger charge is -2.38. The number of likely N-dealkylation sites (tertiary alicyclic amines) is 1. The van der Waals surface area contributed by atoms with Crippen molar-refractivity contribution in [3.63, 3.8) is 0 Å². The molecule has 248 valence electrons. The van der Waals surface area contributed by atoms with E-state index in [4.69, 9.17) is 9.47 Å². The van der Waals surface area contributed by atoms with Gasteiger partial charge < -0.3 is 19.4 Å². The number of allylic oxidation sites excluding steroid dienone is 1. The molecule has 4 aliphatic rings. The predicted molar refractivity (Wildman–Crippen MR) is 189 cm³/mol. The van der Waals surface area contributed by atoms with Gasteiger partial charge in [0.2, 0.25) is 6.41 Å². The van der Waals surface area contributed by atoms with Crippen LogP contribution in [0, 0.1) is 12.8 Å². The first-order valence-corrected chi connectivity index (χ1v) is 17.8. The van der Waals surface area contributed by atoms with Crippen molar-refractivity contribution in [3.8, 4) is 0 Å². The Labute approximate surface area is 276 Å². The number of hydrogen-bond acceptors (Lipinski definition) is 4. The van der Waals surface area contributed by atoms with Crippen LogP contribution in [0.4, 0.5) is 0 Å². The number of aryl methyl sites for hydroxylation is 2. The van der Waals surface area contributed by atoms with Crippen LogP contribution in [-0.4, -0.2) is 61.1 Å². The fraction of sp³-hybridized carbons (Fsp3) is 0.525. The van der Waals surface area contributed by atoms with Gasteiger partial charge in [-0.3, -0.25) is 9.69 Å². The SMILES string of the molecule is CC.CCc1ccc(C2CC2)cc1.COC1=CC(C2c3[nH]c4ccc(C)cc4c3CCN2C=O)CC=C1OCCN1CCCCC1. The maximum absolute atomic E-state index is 12.0. The third-order valence-corrected chi connectivity index (χ3v) is 9.86. The minimum Gasteiger partial charge on any atom is -0.493 e. The Morgan fingerprint density at radius 1 is 0.978 bits per heavy atom. The molecule has 1 saturated carbocycles. The Kier molecular flexibility index (Phi) is 12.0. The van der Waals surface area contributed by atoms with Crippen molar-refractivity contribution in [3.05, 3.63) is 94.1 Å². The number of nitrogens with zero attached hydrogens (tertiary/aromatic N) is 2. The lowest BCUT2D eigenvalue weighted by Crippen LogP contribution is -2.38. The maximum atomic E-state index is 12.0. The van der Waals surface area contributed by atoms with Crippen molar-refractivity contribution in [2.45, 2.75) is 91.0 Å². The van der Waals surface area contributed by atoms with Crippen LogP contribution in [0.1, 0.15) is 99.2 Å². The minimum absolute atomic E-state index is 0.0322. The number of nitrogens with one attached hydrogen (secondary N) is 1. The molecule has 0 spiro atoms. The lowest BCUT2D eigenvalue weighted by atomic mass is 9.84. The summed E-state index contributed by atoms with van der Waals surface area (Å²) in [6, 6.07) is 15.6. The molecule has 2 aliphatic carbocycles. The van der Waals surface area contributed by atoms with Gasteiger partial charge in [-0.25, -0.2) is 0 Å². The summed E-state index contributed by atoms with van der Waals surface area (Å²) in [5, 5.41) is 1.28. The number of methoxy groups -OCH3 is 1. The molecule has 1 N–H and O–H groups in total. The summed E-state index contributed by atoms with van der Waals surface area (Å²) < 4.78 is 11.9. The maximum Gasteiger partial charge on any atom is 0.210 e. The van der Waals surface area contributed by atoms with Crippen molar-refractivity contribution < 1.29 is 14.3 Å². The van der Waals surface area contributed by atoms with E-state index in [-0.39, 0.29) is 12.0 Å². The molecule has 0 radical (unpaired) electrons. The van der Waals surface area contributed by atoms with Gasteiger partial charge in [-0.2, -0.15) is 0 Å². The fourth-order valence-electron chi connectivity index (χ4n) is 7.15. The van der Waals surface area contributed by atoms with E-state index in [0.29, 0.717) is 6.61 Å². The smallest absolute Gasteiger partial charge is 0.210 e. The molecule has 1 saturated heterocycles. The zero-order valence-electron chi connectivity index (χ0n) is 28.8. The highest BCUT2D eigenvalue weighted by atomic mass is 16.5. The number of H-pyrrole nitrogens is 1. The second kappa shape index (κ2) is 16.4. The molecule has 3 aromatic rings. The van der Waals surface area contributed by atoms with Crippen LogP contribution >= 0.6 is 0 Å². The number of hydrogen-bond donors (Lipinski definition) is 1. The molecule has 2 fully saturated rings. The number of carbonyl (C=O) groups is 1. The predicted octanol–water partition coefficient (Wildman–Crippen LogP) is 8.62. The van der Waals surface area contributed by atoms with Crippen molar-refractivity contribution in [2.24, 2.45) is 5.92 Å². The Balaban J connectivity index is 0.000000268. The summed E-state index contributed by atoms with van der Waals surface area (Å²) >= 11 is 0. The third kappa shape index (κ3) is 8.06. The van der Waals surface area contributed by atoms with Crippen LogP contribution in [0.15, 0.2) is 66.1 Å². The van der Waals surface area contributed by atoms with E-state index in [1.807, 2.05) is 18.7 Å². The van der Waals surface area contributed by atoms with Crippen molar-refractivity contribution in [1.29, 1.82) is 0 Å². The van der Waals surface area contributed by atoms with Crippen molar-refractivity contribution in [2.75, 3.05) is 39.9 Å². The van der Waals surface area contributed by atoms with Crippen LogP contribution in [-0.2, 0) is 27.1 Å². The Bertz CT molecular complexity index is 1480. The average molecular weight is 626 g/mol. The second-order valence-corrected chi connectivity index (χ2v) is 12.9. The summed E-state index contributed by atoms with van der Waals surface area (Å²) in [6.07, 6.45) is 14.9. The second-order valence-electron chi connectivity index (χ2n) is 12.9. The molecule has 2 unspecified atom stereocenters. The largest absolute Gasteiger partial charge is 0.493 e. The van der Waals surface area contributed by atoms with Gasteiger partial charge in [-0.1, -0.05) is 63.1 Å². The molecular weight excluding hydrogens is 570 g/mol. The zero-order valence-corrected chi connectivity index (χ0v) is 28.8. The number of benzene rings is 2. The number of ether oxygens (including phenoxy) is 2. The summed E-state index contributed by atoms with van der Waals surface area (Å²) in [4.78, 5) is 20.1. The molecule has 2 aromatic carbocycles. The number of rotatable bonds is 9. The van der Waals surface area contributed by atoms with Gasteiger partial charge >= 0.3 is 0 Å². The van der Waals surface area contributed by atoms with Crippen LogP contribution in [0.2, 0.25) is 0 Å². The summed E-state index contributed by atoms with van der Waals surface area (Å²) in [5.41, 5.74) is 7.90. The molecular formula is C40H55N3O3. The standard InChI is InChI=1S/C27H35N3O3.C11H14.C2H6/c1-19-6-8-23-22(16-19)21-10-13-30(18-31)27(26(21)28-23)20-7-9-24(25(17-20)32-2)33-15-14-29-11-4-3-5-12-29;1-2-9-3-5-10(6-4-9)11-7-8-11;1-2/h6,8-9,16-18,20,27-28H,3-5,7,10-15H2,1-2H3;3-6,11H,2,7-8H2,1H3;1-2H3. The molecule has 2 atom stereocenters. The Morgan fingerprint density at radius 2 is 1.74 bits per heavy atom. The fourth-order valence-corrected chi connectivity index (χ4v) is 7.15. The van der Waals surface area contributed by atoms with Gasteiger partial charge in [0.05, 0.1) is 13.2 Å². The summed E-state index contributed by atoms with van der Waals surface area (Å²) in [5.74, 6) is 2.63. The van der Waals surface area contributed by atoms with Crippen molar-refractivity contribution in [1.82, 2.24) is 14.8 Å². The molecule has 46 heavy (non-hydrogen) atoms. The van der Waals surface area contributed by atoms with Crippen molar-refractivity contribution >= 4 is 17.3 Å². The van der Waals surface area contributed by atoms with E-state index in [9.17, 15) is 4.79 Å². The normalized spacial score (nSPS) is 21.1. The Morgan fingerprint density at radius 3 is 2.41 bits per heavy atom. The van der Waals surface area contributed by atoms with Gasteiger partial charge in [0.15, 0.2) is 11.5 Å². The van der Waals surface area contributed by atoms with Gasteiger partial charge in [0, 0.05) is 35.6 Å². The summed E-state index contributed by atoms with van der Waals surface area (Å²) in [7, 11) is 1.70. The van der Waals surface area contributed by atoms with Crippen LogP contribution in [0.3, 0.4) is 0 Å². The number of piperidine rings is 1. The molecule has 1 aromatic heterocycles. The number of carbonyl (C=O) groups excluding carboxylic acids is 1. The van der Waals surface area contributed by atoms with E-state index < -0.39 is 0 Å².